The molecule has 2 saturated heterocycles. The molecule has 3 aromatic rings. The van der Waals surface area contributed by atoms with Gasteiger partial charge >= 0.3 is 6.03 Å². The molecule has 2 aliphatic rings. The van der Waals surface area contributed by atoms with Crippen LogP contribution in [0.1, 0.15) is 30.4 Å². The number of nitrogens with one attached hydrogen (secondary N) is 2. The number of hydrogen-bond acceptors (Lipinski definition) is 4. The van der Waals surface area contributed by atoms with E-state index < -0.39 is 23.4 Å². The van der Waals surface area contributed by atoms with Gasteiger partial charge in [0.25, 0.3) is 5.91 Å². The summed E-state index contributed by atoms with van der Waals surface area (Å²) in [7, 11) is 0. The third-order valence-corrected chi connectivity index (χ3v) is 6.93. The van der Waals surface area contributed by atoms with Crippen molar-refractivity contribution in [2.45, 2.75) is 31.2 Å². The van der Waals surface area contributed by atoms with E-state index in [-0.39, 0.29) is 6.54 Å². The Morgan fingerprint density at radius 2 is 1.47 bits per heavy atom. The average molecular weight is 483 g/mol. The summed E-state index contributed by atoms with van der Waals surface area (Å²) >= 11 is 0. The highest BCUT2D eigenvalue weighted by Gasteiger charge is 2.52. The summed E-state index contributed by atoms with van der Waals surface area (Å²) in [6, 6.07) is 25.9. The fourth-order valence-electron chi connectivity index (χ4n) is 5.06. The first-order valence-corrected chi connectivity index (χ1v) is 12.4. The Morgan fingerprint density at radius 3 is 2.14 bits per heavy atom. The molecule has 3 aromatic carbocycles. The van der Waals surface area contributed by atoms with Crippen LogP contribution in [-0.4, -0.2) is 42.4 Å². The van der Waals surface area contributed by atoms with E-state index in [2.05, 4.69) is 15.5 Å². The third-order valence-electron chi connectivity index (χ3n) is 6.93. The van der Waals surface area contributed by atoms with Crippen LogP contribution in [0.2, 0.25) is 0 Å². The minimum Gasteiger partial charge on any atom is -0.372 e. The van der Waals surface area contributed by atoms with Crippen molar-refractivity contribution in [1.82, 2.24) is 10.2 Å². The number of anilines is 2. The van der Waals surface area contributed by atoms with Crippen LogP contribution in [0.3, 0.4) is 0 Å². The highest BCUT2D eigenvalue weighted by Crippen LogP contribution is 2.33. The van der Waals surface area contributed by atoms with Gasteiger partial charge in [-0.25, -0.2) is 4.79 Å². The zero-order chi connectivity index (χ0) is 25.0. The number of amides is 4. The van der Waals surface area contributed by atoms with E-state index in [0.29, 0.717) is 17.7 Å². The van der Waals surface area contributed by atoms with E-state index in [9.17, 15) is 14.4 Å². The Labute approximate surface area is 211 Å². The van der Waals surface area contributed by atoms with Gasteiger partial charge < -0.3 is 15.5 Å². The average Bonchev–Trinajstić information content (AvgIpc) is 3.15. The lowest BCUT2D eigenvalue weighted by Crippen LogP contribution is -2.46. The van der Waals surface area contributed by atoms with Gasteiger partial charge in [0, 0.05) is 30.9 Å². The van der Waals surface area contributed by atoms with Crippen molar-refractivity contribution in [1.29, 1.82) is 0 Å². The summed E-state index contributed by atoms with van der Waals surface area (Å²) < 4.78 is 0. The van der Waals surface area contributed by atoms with Crippen molar-refractivity contribution in [2.75, 3.05) is 29.9 Å². The summed E-state index contributed by atoms with van der Waals surface area (Å²) in [6.07, 6.45) is 3.95. The fourth-order valence-corrected chi connectivity index (χ4v) is 5.06. The van der Waals surface area contributed by atoms with Crippen molar-refractivity contribution >= 4 is 29.2 Å². The molecule has 1 unspecified atom stereocenters. The van der Waals surface area contributed by atoms with Crippen LogP contribution in [0.15, 0.2) is 84.9 Å². The van der Waals surface area contributed by atoms with Crippen molar-refractivity contribution in [3.05, 3.63) is 96.1 Å². The molecular weight excluding hydrogens is 452 g/mol. The number of carbonyl (C=O) groups is 3. The monoisotopic (exact) mass is 482 g/mol. The molecular formula is C29H30N4O3. The first-order chi connectivity index (χ1) is 17.5. The standard InChI is InChI=1S/C29H30N4O3/c34-26(30-24-14-16-25(17-15-24)32-18-8-3-9-19-32)21-33-27(35)29(31-28(33)36,23-12-6-2-7-13-23)20-22-10-4-1-5-11-22/h1-2,4-7,10-17H,3,8-9,18-21H2,(H,30,34)(H,31,36). The molecule has 2 fully saturated rings. The van der Waals surface area contributed by atoms with E-state index in [1.54, 1.807) is 0 Å². The Balaban J connectivity index is 1.30. The minimum absolute atomic E-state index is 0.290. The largest absolute Gasteiger partial charge is 0.372 e. The molecule has 0 aromatic heterocycles. The number of benzene rings is 3. The predicted octanol–water partition coefficient (Wildman–Crippen LogP) is 4.31. The van der Waals surface area contributed by atoms with Crippen LogP contribution in [0.4, 0.5) is 16.2 Å². The van der Waals surface area contributed by atoms with E-state index in [1.807, 2.05) is 84.9 Å². The number of nitrogens with zero attached hydrogens (tertiary/aromatic N) is 2. The molecule has 2 aliphatic heterocycles. The van der Waals surface area contributed by atoms with Crippen molar-refractivity contribution < 1.29 is 14.4 Å². The Kier molecular flexibility index (Phi) is 6.71. The van der Waals surface area contributed by atoms with Gasteiger partial charge in [-0.15, -0.1) is 0 Å². The fraction of sp³-hybridized carbons (Fsp3) is 0.276. The maximum absolute atomic E-state index is 13.7. The molecule has 2 heterocycles. The van der Waals surface area contributed by atoms with E-state index in [1.165, 1.54) is 19.3 Å². The van der Waals surface area contributed by atoms with Gasteiger partial charge in [0.05, 0.1) is 0 Å². The summed E-state index contributed by atoms with van der Waals surface area (Å²) in [6.45, 7) is 1.73. The third kappa shape index (κ3) is 4.82. The first kappa shape index (κ1) is 23.6. The van der Waals surface area contributed by atoms with Gasteiger partial charge in [0.1, 0.15) is 6.54 Å². The quantitative estimate of drug-likeness (QED) is 0.492. The maximum Gasteiger partial charge on any atom is 0.325 e. The summed E-state index contributed by atoms with van der Waals surface area (Å²) in [4.78, 5) is 42.9. The van der Waals surface area contributed by atoms with Gasteiger partial charge in [0.15, 0.2) is 5.54 Å². The number of carbonyl (C=O) groups excluding carboxylic acids is 3. The maximum atomic E-state index is 13.7. The zero-order valence-electron chi connectivity index (χ0n) is 20.2. The Hall–Kier alpha value is -4.13. The topological polar surface area (TPSA) is 81.8 Å². The first-order valence-electron chi connectivity index (χ1n) is 12.4. The molecule has 4 amide bonds. The number of rotatable bonds is 7. The van der Waals surface area contributed by atoms with Crippen molar-refractivity contribution in [3.8, 4) is 0 Å². The molecule has 0 saturated carbocycles. The highest BCUT2D eigenvalue weighted by molar-refractivity contribution is 6.10. The van der Waals surface area contributed by atoms with Crippen LogP contribution >= 0.6 is 0 Å². The van der Waals surface area contributed by atoms with Gasteiger partial charge in [-0.05, 0) is 54.7 Å². The number of urea groups is 1. The van der Waals surface area contributed by atoms with Crippen LogP contribution in [0.25, 0.3) is 0 Å². The Morgan fingerprint density at radius 1 is 0.833 bits per heavy atom. The normalized spacial score (nSPS) is 19.8. The molecule has 0 radical (unpaired) electrons. The number of piperidine rings is 1. The molecule has 0 aliphatic carbocycles. The molecule has 7 heteroatoms. The van der Waals surface area contributed by atoms with Crippen molar-refractivity contribution in [3.63, 3.8) is 0 Å². The van der Waals surface area contributed by atoms with Gasteiger partial charge in [-0.2, -0.15) is 0 Å². The van der Waals surface area contributed by atoms with E-state index in [4.69, 9.17) is 0 Å². The smallest absolute Gasteiger partial charge is 0.325 e. The minimum atomic E-state index is -1.27. The molecule has 36 heavy (non-hydrogen) atoms. The second-order valence-corrected chi connectivity index (χ2v) is 9.40. The van der Waals surface area contributed by atoms with E-state index >= 15 is 0 Å². The van der Waals surface area contributed by atoms with Crippen molar-refractivity contribution in [2.24, 2.45) is 0 Å². The summed E-state index contributed by atoms with van der Waals surface area (Å²) in [5, 5.41) is 5.72. The lowest BCUT2D eigenvalue weighted by atomic mass is 9.83. The molecule has 184 valence electrons. The molecule has 2 N–H and O–H groups in total. The van der Waals surface area contributed by atoms with Crippen LogP contribution < -0.4 is 15.5 Å². The molecule has 0 spiro atoms. The molecule has 1 atom stereocenters. The Bertz CT molecular complexity index is 1220. The second kappa shape index (κ2) is 10.2. The summed E-state index contributed by atoms with van der Waals surface area (Å²) in [5.41, 5.74) is 2.09. The molecule has 7 nitrogen and oxygen atoms in total. The van der Waals surface area contributed by atoms with E-state index in [0.717, 1.165) is 29.2 Å². The van der Waals surface area contributed by atoms with Crippen LogP contribution in [-0.2, 0) is 21.5 Å². The second-order valence-electron chi connectivity index (χ2n) is 9.40. The number of hydrogen-bond donors (Lipinski definition) is 2. The van der Waals surface area contributed by atoms with Gasteiger partial charge in [-0.1, -0.05) is 60.7 Å². The lowest BCUT2D eigenvalue weighted by Gasteiger charge is -2.28. The highest BCUT2D eigenvalue weighted by atomic mass is 16.2. The number of imide groups is 1. The van der Waals surface area contributed by atoms with Gasteiger partial charge in [-0.3, -0.25) is 14.5 Å². The lowest BCUT2D eigenvalue weighted by molar-refractivity contribution is -0.134. The summed E-state index contributed by atoms with van der Waals surface area (Å²) in [5.74, 6) is -0.856. The zero-order valence-corrected chi connectivity index (χ0v) is 20.2. The van der Waals surface area contributed by atoms with Crippen LogP contribution in [0, 0.1) is 0 Å². The molecule has 0 bridgehead atoms. The SMILES string of the molecule is O=C(CN1C(=O)NC(Cc2ccccc2)(c2ccccc2)C1=O)Nc1ccc(N2CCCCC2)cc1. The molecule has 5 rings (SSSR count). The van der Waals surface area contributed by atoms with Gasteiger partial charge in [0.2, 0.25) is 5.91 Å². The van der Waals surface area contributed by atoms with Crippen LogP contribution in [0.5, 0.6) is 0 Å². The predicted molar refractivity (Wildman–Crippen MR) is 140 cm³/mol.